The van der Waals surface area contributed by atoms with Crippen molar-refractivity contribution in [2.45, 2.75) is 0 Å². The number of anilines is 3. The molecule has 13 aromatic rings. The van der Waals surface area contributed by atoms with Gasteiger partial charge in [-0.2, -0.15) is 0 Å². The Balaban J connectivity index is 1.11. The van der Waals surface area contributed by atoms with E-state index in [1.807, 2.05) is 11.3 Å². The second-order valence-corrected chi connectivity index (χ2v) is 18.3. The Labute approximate surface area is 393 Å². The van der Waals surface area contributed by atoms with Crippen LogP contribution in [0.25, 0.3) is 103 Å². The van der Waals surface area contributed by atoms with Crippen LogP contribution in [0.2, 0.25) is 0 Å². The predicted molar refractivity (Wildman–Crippen MR) is 288 cm³/mol. The molecule has 0 amide bonds. The Morgan fingerprint density at radius 2 is 0.896 bits per heavy atom. The lowest BCUT2D eigenvalue weighted by molar-refractivity contribution is 1.17. The molecule has 314 valence electrons. The van der Waals surface area contributed by atoms with Gasteiger partial charge in [-0.3, -0.25) is 0 Å². The van der Waals surface area contributed by atoms with Gasteiger partial charge < -0.3 is 9.47 Å². The van der Waals surface area contributed by atoms with Crippen LogP contribution in [0.5, 0.6) is 0 Å². The van der Waals surface area contributed by atoms with Gasteiger partial charge >= 0.3 is 0 Å². The normalized spacial score (nSPS) is 11.6. The van der Waals surface area contributed by atoms with Gasteiger partial charge in [-0.1, -0.05) is 188 Å². The minimum atomic E-state index is 1.06. The lowest BCUT2D eigenvalue weighted by Gasteiger charge is -2.31. The summed E-state index contributed by atoms with van der Waals surface area (Å²) in [6.07, 6.45) is 0. The van der Waals surface area contributed by atoms with E-state index < -0.39 is 0 Å². The van der Waals surface area contributed by atoms with Crippen molar-refractivity contribution in [2.24, 2.45) is 0 Å². The number of nitrogens with zero attached hydrogens (tertiary/aromatic N) is 2. The second kappa shape index (κ2) is 16.2. The molecule has 0 saturated carbocycles. The highest BCUT2D eigenvalue weighted by atomic mass is 32.1. The van der Waals surface area contributed by atoms with Gasteiger partial charge in [0.15, 0.2) is 0 Å². The van der Waals surface area contributed by atoms with Crippen molar-refractivity contribution < 1.29 is 0 Å². The third kappa shape index (κ3) is 6.63. The minimum absolute atomic E-state index is 1.06. The summed E-state index contributed by atoms with van der Waals surface area (Å²) in [5, 5.41) is 7.44. The van der Waals surface area contributed by atoms with Crippen LogP contribution in [0.4, 0.5) is 17.1 Å². The average Bonchev–Trinajstić information content (AvgIpc) is 3.95. The Hall–Kier alpha value is -8.50. The van der Waals surface area contributed by atoms with Crippen molar-refractivity contribution in [3.63, 3.8) is 0 Å². The summed E-state index contributed by atoms with van der Waals surface area (Å²) in [4.78, 5) is 2.51. The number of fused-ring (bicyclic) bond motifs is 7. The number of hydrogen-bond acceptors (Lipinski definition) is 2. The zero-order valence-corrected chi connectivity index (χ0v) is 37.4. The molecule has 13 rings (SSSR count). The van der Waals surface area contributed by atoms with Crippen LogP contribution in [0.15, 0.2) is 255 Å². The maximum absolute atomic E-state index is 2.51. The highest BCUT2D eigenvalue weighted by Gasteiger charge is 2.25. The highest BCUT2D eigenvalue weighted by Crippen LogP contribution is 2.50. The van der Waals surface area contributed by atoms with Crippen LogP contribution in [-0.4, -0.2) is 4.57 Å². The van der Waals surface area contributed by atoms with Crippen LogP contribution < -0.4 is 4.90 Å². The average molecular weight is 871 g/mol. The van der Waals surface area contributed by atoms with Crippen molar-refractivity contribution >= 4 is 81.1 Å². The van der Waals surface area contributed by atoms with Crippen LogP contribution >= 0.6 is 11.3 Å². The van der Waals surface area contributed by atoms with Crippen molar-refractivity contribution in [1.82, 2.24) is 4.57 Å². The van der Waals surface area contributed by atoms with E-state index >= 15 is 0 Å². The summed E-state index contributed by atoms with van der Waals surface area (Å²) in [6, 6.07) is 93.5. The number of rotatable bonds is 8. The number of thiophene rings is 1. The SMILES string of the molecule is c1ccc(-c2cccc(-c3c(-c4ccc5sc6ccccc6c5c4)cccc3N(c3cccc(-n4c5ccccc5c5ccccc54)c3)c3ccc(-c4ccccc4)c4ccccc34)c2)cc1. The fraction of sp³-hybridized carbons (Fsp3) is 0. The van der Waals surface area contributed by atoms with E-state index in [1.165, 1.54) is 86.1 Å². The van der Waals surface area contributed by atoms with Crippen LogP contribution in [-0.2, 0) is 0 Å². The highest BCUT2D eigenvalue weighted by molar-refractivity contribution is 7.25. The first-order valence-corrected chi connectivity index (χ1v) is 23.7. The molecule has 0 aliphatic heterocycles. The summed E-state index contributed by atoms with van der Waals surface area (Å²) in [5.74, 6) is 0. The van der Waals surface area contributed by atoms with Gasteiger partial charge in [0, 0.05) is 53.3 Å². The fourth-order valence-corrected chi connectivity index (χ4v) is 11.5. The molecule has 0 aliphatic rings. The quantitative estimate of drug-likeness (QED) is 0.148. The molecule has 11 aromatic carbocycles. The summed E-state index contributed by atoms with van der Waals surface area (Å²) < 4.78 is 5.02. The molecule has 0 N–H and O–H groups in total. The van der Waals surface area contributed by atoms with E-state index in [-0.39, 0.29) is 0 Å². The molecule has 2 aromatic heterocycles. The first-order valence-electron chi connectivity index (χ1n) is 22.9. The smallest absolute Gasteiger partial charge is 0.0546 e. The molecule has 67 heavy (non-hydrogen) atoms. The molecule has 0 fully saturated rings. The third-order valence-electron chi connectivity index (χ3n) is 13.4. The largest absolute Gasteiger partial charge is 0.309 e. The predicted octanol–water partition coefficient (Wildman–Crippen LogP) is 18.4. The van der Waals surface area contributed by atoms with Crippen molar-refractivity contribution in [3.8, 4) is 50.2 Å². The summed E-state index contributed by atoms with van der Waals surface area (Å²) >= 11 is 1.86. The van der Waals surface area contributed by atoms with Gasteiger partial charge in [-0.05, 0) is 111 Å². The monoisotopic (exact) mass is 870 g/mol. The van der Waals surface area contributed by atoms with Gasteiger partial charge in [0.05, 0.1) is 22.4 Å². The van der Waals surface area contributed by atoms with Gasteiger partial charge in [0.1, 0.15) is 0 Å². The molecular weight excluding hydrogens is 829 g/mol. The van der Waals surface area contributed by atoms with Crippen molar-refractivity contribution in [2.75, 3.05) is 4.90 Å². The Kier molecular flexibility index (Phi) is 9.40. The Morgan fingerprint density at radius 3 is 1.67 bits per heavy atom. The third-order valence-corrected chi connectivity index (χ3v) is 14.5. The molecule has 0 saturated heterocycles. The molecule has 2 nitrogen and oxygen atoms in total. The van der Waals surface area contributed by atoms with Gasteiger partial charge in [0.25, 0.3) is 0 Å². The number of aromatic nitrogens is 1. The van der Waals surface area contributed by atoms with Crippen LogP contribution in [0.3, 0.4) is 0 Å². The molecule has 0 spiro atoms. The van der Waals surface area contributed by atoms with E-state index in [1.54, 1.807) is 0 Å². The maximum atomic E-state index is 2.51. The van der Waals surface area contributed by atoms with Gasteiger partial charge in [-0.25, -0.2) is 0 Å². The molecule has 0 aliphatic carbocycles. The molecule has 0 bridgehead atoms. The van der Waals surface area contributed by atoms with Crippen LogP contribution in [0.1, 0.15) is 0 Å². The van der Waals surface area contributed by atoms with E-state index in [2.05, 4.69) is 264 Å². The Morgan fingerprint density at radius 1 is 0.299 bits per heavy atom. The van der Waals surface area contributed by atoms with Crippen molar-refractivity contribution in [3.05, 3.63) is 255 Å². The lowest BCUT2D eigenvalue weighted by atomic mass is 9.89. The first-order chi connectivity index (χ1) is 33.2. The van der Waals surface area contributed by atoms with E-state index in [0.29, 0.717) is 0 Å². The Bertz CT molecular complexity index is 3940. The van der Waals surface area contributed by atoms with E-state index in [4.69, 9.17) is 0 Å². The fourth-order valence-electron chi connectivity index (χ4n) is 10.4. The second-order valence-electron chi connectivity index (χ2n) is 17.2. The molecular formula is C64H42N2S. The maximum Gasteiger partial charge on any atom is 0.0546 e. The molecule has 3 heteroatoms. The lowest BCUT2D eigenvalue weighted by Crippen LogP contribution is -2.13. The standard InChI is InChI=1S/C64H42N2S/c1-3-18-43(19-4-1)45-22-15-23-47(40-45)64-51(46-36-39-63-57(41-46)56-30-11-14-35-62(56)67-63)31-17-34-61(64)66(60-38-37-50(44-20-5-2-6-21-44)52-26-7-8-27-53(52)60)49-25-16-24-48(42-49)65-58-32-12-9-28-54(58)55-29-10-13-33-59(55)65/h1-42H. The topological polar surface area (TPSA) is 8.17 Å². The van der Waals surface area contributed by atoms with E-state index in [9.17, 15) is 0 Å². The molecule has 0 radical (unpaired) electrons. The molecule has 2 heterocycles. The number of benzene rings is 11. The zero-order valence-electron chi connectivity index (χ0n) is 36.6. The van der Waals surface area contributed by atoms with Gasteiger partial charge in [-0.15, -0.1) is 11.3 Å². The summed E-state index contributed by atoms with van der Waals surface area (Å²) in [6.45, 7) is 0. The zero-order chi connectivity index (χ0) is 44.3. The minimum Gasteiger partial charge on any atom is -0.309 e. The summed E-state index contributed by atoms with van der Waals surface area (Å²) in [5.41, 5.74) is 16.2. The van der Waals surface area contributed by atoms with E-state index in [0.717, 1.165) is 33.9 Å². The number of para-hydroxylation sites is 2. The first kappa shape index (κ1) is 38.9. The molecule has 0 unspecified atom stereocenters. The number of hydrogen-bond donors (Lipinski definition) is 0. The summed E-state index contributed by atoms with van der Waals surface area (Å²) in [7, 11) is 0. The molecule has 0 atom stereocenters. The van der Waals surface area contributed by atoms with Crippen molar-refractivity contribution in [1.29, 1.82) is 0 Å². The van der Waals surface area contributed by atoms with Crippen LogP contribution in [0, 0.1) is 0 Å². The van der Waals surface area contributed by atoms with Gasteiger partial charge in [0.2, 0.25) is 0 Å².